The minimum Gasteiger partial charge on any atom is -0.493 e. The molecular weight excluding hydrogens is 284 g/mol. The molecule has 23 heavy (non-hydrogen) atoms. The number of aryl methyl sites for hydroxylation is 2. The predicted octanol–water partition coefficient (Wildman–Crippen LogP) is 4.45. The number of hydrogen-bond acceptors (Lipinski definition) is 3. The van der Waals surface area contributed by atoms with E-state index in [1.54, 1.807) is 0 Å². The molecule has 2 rings (SSSR count). The van der Waals surface area contributed by atoms with Gasteiger partial charge in [0.05, 0.1) is 18.6 Å². The van der Waals surface area contributed by atoms with Crippen molar-refractivity contribution in [1.82, 2.24) is 0 Å². The SMILES string of the molecule is Cc1ccc(OCCC(C#N)c2ccc(N(C)C)cc2)c(C)c1. The minimum absolute atomic E-state index is 0.142. The lowest BCUT2D eigenvalue weighted by Gasteiger charge is -2.15. The van der Waals surface area contributed by atoms with E-state index in [1.807, 2.05) is 57.4 Å². The van der Waals surface area contributed by atoms with Crippen molar-refractivity contribution >= 4 is 5.69 Å². The second-order valence-corrected chi connectivity index (χ2v) is 6.07. The lowest BCUT2D eigenvalue weighted by atomic mass is 9.97. The van der Waals surface area contributed by atoms with Gasteiger partial charge in [-0.25, -0.2) is 0 Å². The van der Waals surface area contributed by atoms with E-state index in [-0.39, 0.29) is 5.92 Å². The van der Waals surface area contributed by atoms with Gasteiger partial charge in [-0.3, -0.25) is 0 Å². The van der Waals surface area contributed by atoms with Gasteiger partial charge < -0.3 is 9.64 Å². The molecule has 1 atom stereocenters. The molecule has 2 aromatic carbocycles. The smallest absolute Gasteiger partial charge is 0.122 e. The van der Waals surface area contributed by atoms with Gasteiger partial charge in [0, 0.05) is 26.2 Å². The summed E-state index contributed by atoms with van der Waals surface area (Å²) >= 11 is 0. The summed E-state index contributed by atoms with van der Waals surface area (Å²) in [5.41, 5.74) is 4.54. The highest BCUT2D eigenvalue weighted by molar-refractivity contribution is 5.47. The highest BCUT2D eigenvalue weighted by Crippen LogP contribution is 2.24. The summed E-state index contributed by atoms with van der Waals surface area (Å²) in [6, 6.07) is 16.7. The first-order valence-corrected chi connectivity index (χ1v) is 7.88. The molecule has 0 aliphatic heterocycles. The fraction of sp³-hybridized carbons (Fsp3) is 0.350. The van der Waals surface area contributed by atoms with E-state index in [0.29, 0.717) is 13.0 Å². The highest BCUT2D eigenvalue weighted by atomic mass is 16.5. The van der Waals surface area contributed by atoms with Crippen LogP contribution in [0.3, 0.4) is 0 Å². The topological polar surface area (TPSA) is 36.3 Å². The molecule has 0 aliphatic carbocycles. The van der Waals surface area contributed by atoms with Gasteiger partial charge >= 0.3 is 0 Å². The van der Waals surface area contributed by atoms with Crippen LogP contribution >= 0.6 is 0 Å². The second-order valence-electron chi connectivity index (χ2n) is 6.07. The molecular formula is C20H24N2O. The Balaban J connectivity index is 1.96. The first-order chi connectivity index (χ1) is 11.0. The fourth-order valence-electron chi connectivity index (χ4n) is 2.56. The maximum Gasteiger partial charge on any atom is 0.122 e. The van der Waals surface area contributed by atoms with Crippen molar-refractivity contribution in [3.63, 3.8) is 0 Å². The molecule has 0 saturated carbocycles. The van der Waals surface area contributed by atoms with E-state index in [2.05, 4.69) is 24.0 Å². The number of hydrogen-bond donors (Lipinski definition) is 0. The Morgan fingerprint density at radius 1 is 1.09 bits per heavy atom. The van der Waals surface area contributed by atoms with Crippen LogP contribution in [0.25, 0.3) is 0 Å². The number of ether oxygens (including phenoxy) is 1. The third-order valence-electron chi connectivity index (χ3n) is 3.96. The summed E-state index contributed by atoms with van der Waals surface area (Å²) in [5.74, 6) is 0.757. The number of nitrogens with zero attached hydrogens (tertiary/aromatic N) is 2. The molecule has 0 bridgehead atoms. The Labute approximate surface area is 139 Å². The van der Waals surface area contributed by atoms with E-state index in [4.69, 9.17) is 4.74 Å². The Morgan fingerprint density at radius 2 is 1.78 bits per heavy atom. The standard InChI is InChI=1S/C20H24N2O/c1-15-5-10-20(16(2)13-15)23-12-11-18(14-21)17-6-8-19(9-7-17)22(3)4/h5-10,13,18H,11-12H2,1-4H3. The van der Waals surface area contributed by atoms with Crippen LogP contribution in [-0.2, 0) is 0 Å². The number of nitriles is 1. The molecule has 2 aromatic rings. The normalized spacial score (nSPS) is 11.6. The maximum absolute atomic E-state index is 9.43. The van der Waals surface area contributed by atoms with Crippen LogP contribution in [0.2, 0.25) is 0 Å². The first kappa shape index (κ1) is 16.9. The lowest BCUT2D eigenvalue weighted by Crippen LogP contribution is -2.09. The average molecular weight is 308 g/mol. The summed E-state index contributed by atoms with van der Waals surface area (Å²) < 4.78 is 5.85. The van der Waals surface area contributed by atoms with Gasteiger partial charge in [-0.2, -0.15) is 5.26 Å². The van der Waals surface area contributed by atoms with Crippen LogP contribution in [0.15, 0.2) is 42.5 Å². The summed E-state index contributed by atoms with van der Waals surface area (Å²) in [4.78, 5) is 2.05. The summed E-state index contributed by atoms with van der Waals surface area (Å²) in [6.07, 6.45) is 0.686. The van der Waals surface area contributed by atoms with Crippen molar-refractivity contribution in [2.24, 2.45) is 0 Å². The third-order valence-corrected chi connectivity index (χ3v) is 3.96. The molecule has 0 saturated heterocycles. The van der Waals surface area contributed by atoms with E-state index in [9.17, 15) is 5.26 Å². The van der Waals surface area contributed by atoms with Crippen molar-refractivity contribution in [2.45, 2.75) is 26.2 Å². The largest absolute Gasteiger partial charge is 0.493 e. The molecule has 0 aliphatic rings. The molecule has 120 valence electrons. The van der Waals surface area contributed by atoms with Gasteiger partial charge in [0.25, 0.3) is 0 Å². The van der Waals surface area contributed by atoms with Gasteiger partial charge in [-0.05, 0) is 43.2 Å². The zero-order valence-electron chi connectivity index (χ0n) is 14.3. The maximum atomic E-state index is 9.43. The van der Waals surface area contributed by atoms with Gasteiger partial charge in [0.15, 0.2) is 0 Å². The molecule has 0 N–H and O–H groups in total. The number of rotatable bonds is 6. The molecule has 0 fully saturated rings. The average Bonchev–Trinajstić information content (AvgIpc) is 2.53. The van der Waals surface area contributed by atoms with Crippen LogP contribution in [-0.4, -0.2) is 20.7 Å². The monoisotopic (exact) mass is 308 g/mol. The minimum atomic E-state index is -0.142. The molecule has 0 aromatic heterocycles. The van der Waals surface area contributed by atoms with Crippen LogP contribution in [0.5, 0.6) is 5.75 Å². The Hall–Kier alpha value is -2.47. The molecule has 0 radical (unpaired) electrons. The van der Waals surface area contributed by atoms with Crippen LogP contribution < -0.4 is 9.64 Å². The summed E-state index contributed by atoms with van der Waals surface area (Å²) in [5, 5.41) is 9.43. The van der Waals surface area contributed by atoms with Crippen LogP contribution in [0.1, 0.15) is 29.0 Å². The van der Waals surface area contributed by atoms with Gasteiger partial charge in [-0.15, -0.1) is 0 Å². The number of benzene rings is 2. The quantitative estimate of drug-likeness (QED) is 0.791. The Bertz CT molecular complexity index is 684. The predicted molar refractivity (Wildman–Crippen MR) is 95.2 cm³/mol. The van der Waals surface area contributed by atoms with Gasteiger partial charge in [-0.1, -0.05) is 29.8 Å². The van der Waals surface area contributed by atoms with E-state index < -0.39 is 0 Å². The van der Waals surface area contributed by atoms with Crippen molar-refractivity contribution in [2.75, 3.05) is 25.6 Å². The Kier molecular flexibility index (Phi) is 5.65. The van der Waals surface area contributed by atoms with E-state index in [0.717, 1.165) is 22.6 Å². The van der Waals surface area contributed by atoms with E-state index >= 15 is 0 Å². The second kappa shape index (κ2) is 7.69. The molecule has 0 spiro atoms. The van der Waals surface area contributed by atoms with Crippen molar-refractivity contribution in [1.29, 1.82) is 5.26 Å². The van der Waals surface area contributed by atoms with E-state index in [1.165, 1.54) is 5.56 Å². The molecule has 3 nitrogen and oxygen atoms in total. The molecule has 0 amide bonds. The first-order valence-electron chi connectivity index (χ1n) is 7.88. The van der Waals surface area contributed by atoms with Crippen LogP contribution in [0.4, 0.5) is 5.69 Å². The van der Waals surface area contributed by atoms with Crippen molar-refractivity contribution < 1.29 is 4.74 Å². The zero-order chi connectivity index (χ0) is 16.8. The van der Waals surface area contributed by atoms with Gasteiger partial charge in [0.1, 0.15) is 5.75 Å². The molecule has 1 unspecified atom stereocenters. The number of anilines is 1. The third kappa shape index (κ3) is 4.50. The van der Waals surface area contributed by atoms with Crippen LogP contribution in [0, 0.1) is 25.2 Å². The van der Waals surface area contributed by atoms with Crippen molar-refractivity contribution in [3.8, 4) is 11.8 Å². The van der Waals surface area contributed by atoms with Gasteiger partial charge in [0.2, 0.25) is 0 Å². The zero-order valence-corrected chi connectivity index (χ0v) is 14.3. The highest BCUT2D eigenvalue weighted by Gasteiger charge is 2.11. The summed E-state index contributed by atoms with van der Waals surface area (Å²) in [7, 11) is 4.02. The lowest BCUT2D eigenvalue weighted by molar-refractivity contribution is 0.304. The summed E-state index contributed by atoms with van der Waals surface area (Å²) in [6.45, 7) is 4.65. The molecule has 3 heteroatoms. The Morgan fingerprint density at radius 3 is 2.35 bits per heavy atom. The molecule has 0 heterocycles. The fourth-order valence-corrected chi connectivity index (χ4v) is 2.56. The van der Waals surface area contributed by atoms with Crippen molar-refractivity contribution in [3.05, 3.63) is 59.2 Å².